The van der Waals surface area contributed by atoms with E-state index in [0.29, 0.717) is 4.64 Å². The molecule has 0 atom stereocenters. The van der Waals surface area contributed by atoms with E-state index in [4.69, 9.17) is 12.2 Å². The molecule has 0 unspecified atom stereocenters. The molecule has 0 radical (unpaired) electrons. The predicted octanol–water partition coefficient (Wildman–Crippen LogP) is 3.73. The first-order valence-electron chi connectivity index (χ1n) is 5.22. The molecular formula is C13H14N2S. The third-order valence-electron chi connectivity index (χ3n) is 2.66. The van der Waals surface area contributed by atoms with Gasteiger partial charge in [-0.1, -0.05) is 42.0 Å². The Morgan fingerprint density at radius 1 is 1.06 bits per heavy atom. The Hall–Kier alpha value is -1.48. The Balaban J connectivity index is 2.60. The van der Waals surface area contributed by atoms with Crippen LogP contribution in [-0.2, 0) is 0 Å². The van der Waals surface area contributed by atoms with Gasteiger partial charge in [-0.25, -0.2) is 4.98 Å². The summed E-state index contributed by atoms with van der Waals surface area (Å²) in [6, 6.07) is 8.24. The van der Waals surface area contributed by atoms with Gasteiger partial charge in [-0.3, -0.25) is 0 Å². The van der Waals surface area contributed by atoms with Crippen LogP contribution in [0.15, 0.2) is 24.3 Å². The molecular weight excluding hydrogens is 216 g/mol. The van der Waals surface area contributed by atoms with Crippen LogP contribution in [0.1, 0.15) is 17.0 Å². The molecule has 82 valence electrons. The Labute approximate surface area is 100 Å². The van der Waals surface area contributed by atoms with Gasteiger partial charge in [-0.05, 0) is 20.8 Å². The molecule has 0 spiro atoms. The Morgan fingerprint density at radius 2 is 1.69 bits per heavy atom. The van der Waals surface area contributed by atoms with Crippen LogP contribution in [0, 0.1) is 25.4 Å². The van der Waals surface area contributed by atoms with Crippen molar-refractivity contribution in [3.63, 3.8) is 0 Å². The van der Waals surface area contributed by atoms with E-state index >= 15 is 0 Å². The molecule has 3 heteroatoms. The van der Waals surface area contributed by atoms with Crippen LogP contribution in [-0.4, -0.2) is 9.97 Å². The molecule has 1 aromatic carbocycles. The molecule has 1 N–H and O–H groups in total. The van der Waals surface area contributed by atoms with Crippen molar-refractivity contribution < 1.29 is 0 Å². The van der Waals surface area contributed by atoms with Crippen molar-refractivity contribution in [2.75, 3.05) is 0 Å². The zero-order chi connectivity index (χ0) is 11.7. The number of benzene rings is 1. The minimum absolute atomic E-state index is 0.701. The number of aromatic amines is 1. The van der Waals surface area contributed by atoms with E-state index in [1.807, 2.05) is 13.8 Å². The number of aryl methyl sites for hydroxylation is 3. The number of H-pyrrole nitrogens is 1. The summed E-state index contributed by atoms with van der Waals surface area (Å²) < 4.78 is 0.701. The maximum Gasteiger partial charge on any atom is 0.130 e. The molecule has 0 amide bonds. The fourth-order valence-corrected chi connectivity index (χ4v) is 1.85. The van der Waals surface area contributed by atoms with Crippen molar-refractivity contribution in [2.45, 2.75) is 20.8 Å². The van der Waals surface area contributed by atoms with Gasteiger partial charge >= 0.3 is 0 Å². The molecule has 0 fully saturated rings. The number of hydrogen-bond donors (Lipinski definition) is 1. The minimum Gasteiger partial charge on any atom is -0.347 e. The summed E-state index contributed by atoms with van der Waals surface area (Å²) in [5.74, 6) is 0. The summed E-state index contributed by atoms with van der Waals surface area (Å²) in [6.45, 7) is 6.04. The van der Waals surface area contributed by atoms with Gasteiger partial charge in [-0.2, -0.15) is 0 Å². The van der Waals surface area contributed by atoms with E-state index in [0.717, 1.165) is 22.6 Å². The van der Waals surface area contributed by atoms with E-state index < -0.39 is 0 Å². The van der Waals surface area contributed by atoms with Crippen LogP contribution in [0.2, 0.25) is 0 Å². The van der Waals surface area contributed by atoms with Crippen molar-refractivity contribution in [1.82, 2.24) is 9.97 Å². The average Bonchev–Trinajstić information content (AvgIpc) is 2.25. The van der Waals surface area contributed by atoms with Gasteiger partial charge in [0.05, 0.1) is 5.69 Å². The second kappa shape index (κ2) is 4.18. The lowest BCUT2D eigenvalue weighted by Crippen LogP contribution is -1.96. The van der Waals surface area contributed by atoms with Gasteiger partial charge < -0.3 is 4.98 Å². The van der Waals surface area contributed by atoms with Crippen LogP contribution in [0.25, 0.3) is 11.3 Å². The lowest BCUT2D eigenvalue weighted by molar-refractivity contribution is 1.04. The second-order valence-electron chi connectivity index (χ2n) is 3.99. The highest BCUT2D eigenvalue weighted by atomic mass is 32.1. The maximum atomic E-state index is 5.30. The van der Waals surface area contributed by atoms with E-state index in [1.165, 1.54) is 5.56 Å². The van der Waals surface area contributed by atoms with Gasteiger partial charge in [0.2, 0.25) is 0 Å². The minimum atomic E-state index is 0.701. The predicted molar refractivity (Wildman–Crippen MR) is 69.1 cm³/mol. The molecule has 2 aromatic rings. The van der Waals surface area contributed by atoms with Crippen LogP contribution in [0.4, 0.5) is 0 Å². The molecule has 1 aromatic heterocycles. The Bertz CT molecular complexity index is 567. The summed E-state index contributed by atoms with van der Waals surface area (Å²) in [5, 5.41) is 0. The van der Waals surface area contributed by atoms with E-state index in [2.05, 4.69) is 41.2 Å². The van der Waals surface area contributed by atoms with E-state index in [-0.39, 0.29) is 0 Å². The molecule has 0 bridgehead atoms. The number of hydrogen-bond acceptors (Lipinski definition) is 2. The summed E-state index contributed by atoms with van der Waals surface area (Å²) >= 11 is 5.30. The standard InChI is InChI=1S/C13H14N2S/c1-8-4-6-11(7-5-8)12-13(16)15-10(3)9(2)14-12/h4-7H,1-3H3,(H,15,16). The number of nitrogens with zero attached hydrogens (tertiary/aromatic N) is 1. The molecule has 1 heterocycles. The van der Waals surface area contributed by atoms with Crippen LogP contribution < -0.4 is 0 Å². The molecule has 0 aliphatic heterocycles. The van der Waals surface area contributed by atoms with Gasteiger partial charge in [0.25, 0.3) is 0 Å². The lowest BCUT2D eigenvalue weighted by atomic mass is 10.1. The van der Waals surface area contributed by atoms with Crippen LogP contribution in [0.5, 0.6) is 0 Å². The van der Waals surface area contributed by atoms with Crippen molar-refractivity contribution >= 4 is 12.2 Å². The highest BCUT2D eigenvalue weighted by molar-refractivity contribution is 7.71. The number of rotatable bonds is 1. The average molecular weight is 230 g/mol. The third-order valence-corrected chi connectivity index (χ3v) is 2.96. The molecule has 0 aliphatic rings. The normalized spacial score (nSPS) is 10.4. The summed E-state index contributed by atoms with van der Waals surface area (Å²) in [4.78, 5) is 7.71. The molecule has 16 heavy (non-hydrogen) atoms. The molecule has 0 saturated heterocycles. The topological polar surface area (TPSA) is 28.7 Å². The Morgan fingerprint density at radius 3 is 2.31 bits per heavy atom. The van der Waals surface area contributed by atoms with Crippen LogP contribution >= 0.6 is 12.2 Å². The third kappa shape index (κ3) is 2.04. The number of nitrogens with one attached hydrogen (secondary N) is 1. The van der Waals surface area contributed by atoms with E-state index in [9.17, 15) is 0 Å². The smallest absolute Gasteiger partial charge is 0.130 e. The SMILES string of the molecule is Cc1ccc(-c2nc(C)c(C)[nH]c2=S)cc1. The highest BCUT2D eigenvalue weighted by Gasteiger charge is 2.04. The number of aromatic nitrogens is 2. The van der Waals surface area contributed by atoms with Crippen molar-refractivity contribution in [3.8, 4) is 11.3 Å². The monoisotopic (exact) mass is 230 g/mol. The maximum absolute atomic E-state index is 5.30. The molecule has 0 saturated carbocycles. The zero-order valence-electron chi connectivity index (χ0n) is 9.66. The lowest BCUT2D eigenvalue weighted by Gasteiger charge is -2.05. The largest absolute Gasteiger partial charge is 0.347 e. The summed E-state index contributed by atoms with van der Waals surface area (Å²) in [5.41, 5.74) is 5.18. The zero-order valence-corrected chi connectivity index (χ0v) is 10.5. The molecule has 2 rings (SSSR count). The first-order chi connectivity index (χ1) is 7.58. The van der Waals surface area contributed by atoms with Gasteiger partial charge in [0.15, 0.2) is 0 Å². The van der Waals surface area contributed by atoms with Gasteiger partial charge in [-0.15, -0.1) is 0 Å². The van der Waals surface area contributed by atoms with E-state index in [1.54, 1.807) is 0 Å². The summed E-state index contributed by atoms with van der Waals surface area (Å²) in [7, 11) is 0. The van der Waals surface area contributed by atoms with Crippen LogP contribution in [0.3, 0.4) is 0 Å². The van der Waals surface area contributed by atoms with Crippen molar-refractivity contribution in [3.05, 3.63) is 45.9 Å². The molecule has 0 aliphatic carbocycles. The Kier molecular flexibility index (Phi) is 2.88. The quantitative estimate of drug-likeness (QED) is 0.756. The van der Waals surface area contributed by atoms with Gasteiger partial charge in [0.1, 0.15) is 10.3 Å². The fraction of sp³-hybridized carbons (Fsp3) is 0.231. The first-order valence-corrected chi connectivity index (χ1v) is 5.63. The molecule has 2 nitrogen and oxygen atoms in total. The van der Waals surface area contributed by atoms with Gasteiger partial charge in [0, 0.05) is 11.3 Å². The summed E-state index contributed by atoms with van der Waals surface area (Å²) in [6.07, 6.45) is 0. The first kappa shape index (κ1) is 11.0. The van der Waals surface area contributed by atoms with Crippen molar-refractivity contribution in [2.24, 2.45) is 0 Å². The highest BCUT2D eigenvalue weighted by Crippen LogP contribution is 2.19. The fourth-order valence-electron chi connectivity index (χ4n) is 1.53. The second-order valence-corrected chi connectivity index (χ2v) is 4.40. The van der Waals surface area contributed by atoms with Crippen molar-refractivity contribution in [1.29, 1.82) is 0 Å².